The Morgan fingerprint density at radius 1 is 1.37 bits per heavy atom. The van der Waals surface area contributed by atoms with E-state index < -0.39 is 0 Å². The van der Waals surface area contributed by atoms with Crippen LogP contribution in [0.5, 0.6) is 0 Å². The number of hydrogen-bond acceptors (Lipinski definition) is 3. The molecule has 1 aliphatic heterocycles. The lowest BCUT2D eigenvalue weighted by molar-refractivity contribution is 0.410. The number of nitrogens with one attached hydrogen (secondary N) is 1. The van der Waals surface area contributed by atoms with Crippen LogP contribution in [-0.4, -0.2) is 23.8 Å². The Morgan fingerprint density at radius 3 is 3.16 bits per heavy atom. The average molecular weight is 337 g/mol. The standard InChI is InChI=1S/C15H17BrN2S/c16-14-6-13-9-18-5-3-12(13)7-15(14)19-10-11-2-1-4-17-8-11/h3,5-7,9,11,17H,1-2,4,8,10H2. The summed E-state index contributed by atoms with van der Waals surface area (Å²) in [6.07, 6.45) is 6.44. The second kappa shape index (κ2) is 6.25. The molecule has 0 bridgehead atoms. The van der Waals surface area contributed by atoms with Crippen LogP contribution < -0.4 is 5.32 Å². The molecule has 1 aromatic carbocycles. The van der Waals surface area contributed by atoms with Crippen LogP contribution in [0.15, 0.2) is 40.0 Å². The predicted molar refractivity (Wildman–Crippen MR) is 85.8 cm³/mol. The second-order valence-corrected chi connectivity index (χ2v) is 6.95. The van der Waals surface area contributed by atoms with E-state index in [4.69, 9.17) is 0 Å². The number of fused-ring (bicyclic) bond motifs is 1. The number of thioether (sulfide) groups is 1. The number of pyridine rings is 1. The molecular weight excluding hydrogens is 320 g/mol. The highest BCUT2D eigenvalue weighted by atomic mass is 79.9. The van der Waals surface area contributed by atoms with Gasteiger partial charge in [-0.1, -0.05) is 0 Å². The van der Waals surface area contributed by atoms with E-state index >= 15 is 0 Å². The zero-order valence-corrected chi connectivity index (χ0v) is 13.1. The summed E-state index contributed by atoms with van der Waals surface area (Å²) in [5, 5.41) is 5.94. The van der Waals surface area contributed by atoms with Crippen molar-refractivity contribution in [2.75, 3.05) is 18.8 Å². The van der Waals surface area contributed by atoms with Gasteiger partial charge in [-0.3, -0.25) is 4.98 Å². The molecule has 3 rings (SSSR count). The van der Waals surface area contributed by atoms with Crippen molar-refractivity contribution >= 4 is 38.5 Å². The number of benzene rings is 1. The summed E-state index contributed by atoms with van der Waals surface area (Å²) in [5.74, 6) is 2.00. The molecule has 1 atom stereocenters. The van der Waals surface area contributed by atoms with Crippen LogP contribution in [-0.2, 0) is 0 Å². The first-order chi connectivity index (χ1) is 9.33. The Labute approximate surface area is 126 Å². The molecule has 0 spiro atoms. The number of nitrogens with zero attached hydrogens (tertiary/aromatic N) is 1. The molecule has 1 saturated heterocycles. The molecule has 0 aliphatic carbocycles. The normalized spacial score (nSPS) is 19.7. The zero-order valence-electron chi connectivity index (χ0n) is 10.7. The van der Waals surface area contributed by atoms with Gasteiger partial charge in [-0.05, 0) is 71.4 Å². The van der Waals surface area contributed by atoms with Gasteiger partial charge in [0.05, 0.1) is 0 Å². The minimum Gasteiger partial charge on any atom is -0.316 e. The Kier molecular flexibility index (Phi) is 4.41. The van der Waals surface area contributed by atoms with E-state index in [1.54, 1.807) is 0 Å². The number of piperidine rings is 1. The van der Waals surface area contributed by atoms with Crippen molar-refractivity contribution < 1.29 is 0 Å². The van der Waals surface area contributed by atoms with Crippen LogP contribution in [0.4, 0.5) is 0 Å². The fraction of sp³-hybridized carbons (Fsp3) is 0.400. The van der Waals surface area contributed by atoms with E-state index in [1.807, 2.05) is 24.2 Å². The van der Waals surface area contributed by atoms with Crippen molar-refractivity contribution in [3.05, 3.63) is 35.1 Å². The molecule has 0 radical (unpaired) electrons. The van der Waals surface area contributed by atoms with Gasteiger partial charge in [-0.2, -0.15) is 0 Å². The van der Waals surface area contributed by atoms with E-state index in [-0.39, 0.29) is 0 Å². The van der Waals surface area contributed by atoms with E-state index in [2.05, 4.69) is 44.4 Å². The largest absolute Gasteiger partial charge is 0.316 e. The monoisotopic (exact) mass is 336 g/mol. The van der Waals surface area contributed by atoms with Crippen molar-refractivity contribution in [3.8, 4) is 0 Å². The van der Waals surface area contributed by atoms with Gasteiger partial charge in [0.25, 0.3) is 0 Å². The number of halogens is 1. The van der Waals surface area contributed by atoms with Gasteiger partial charge < -0.3 is 5.32 Å². The number of rotatable bonds is 3. The van der Waals surface area contributed by atoms with Gasteiger partial charge >= 0.3 is 0 Å². The lowest BCUT2D eigenvalue weighted by Crippen LogP contribution is -2.30. The van der Waals surface area contributed by atoms with Gasteiger partial charge in [-0.25, -0.2) is 0 Å². The molecule has 2 aromatic rings. The molecule has 1 fully saturated rings. The van der Waals surface area contributed by atoms with Crippen LogP contribution in [0, 0.1) is 5.92 Å². The Morgan fingerprint density at radius 2 is 2.32 bits per heavy atom. The highest BCUT2D eigenvalue weighted by Gasteiger charge is 2.14. The topological polar surface area (TPSA) is 24.9 Å². The molecule has 2 nitrogen and oxygen atoms in total. The average Bonchev–Trinajstić information content (AvgIpc) is 2.46. The molecule has 1 unspecified atom stereocenters. The van der Waals surface area contributed by atoms with E-state index in [0.29, 0.717) is 0 Å². The van der Waals surface area contributed by atoms with Crippen molar-refractivity contribution in [2.24, 2.45) is 5.92 Å². The first-order valence-electron chi connectivity index (χ1n) is 6.70. The van der Waals surface area contributed by atoms with Crippen molar-refractivity contribution in [3.63, 3.8) is 0 Å². The molecule has 1 aromatic heterocycles. The van der Waals surface area contributed by atoms with Gasteiger partial charge in [0, 0.05) is 32.9 Å². The van der Waals surface area contributed by atoms with Crippen LogP contribution in [0.3, 0.4) is 0 Å². The SMILES string of the molecule is Brc1cc2cnccc2cc1SCC1CCCNC1. The first kappa shape index (κ1) is 13.4. The van der Waals surface area contributed by atoms with Crippen molar-refractivity contribution in [1.82, 2.24) is 10.3 Å². The van der Waals surface area contributed by atoms with Crippen molar-refractivity contribution in [2.45, 2.75) is 17.7 Å². The Balaban J connectivity index is 1.74. The molecule has 19 heavy (non-hydrogen) atoms. The van der Waals surface area contributed by atoms with Crippen LogP contribution in [0.2, 0.25) is 0 Å². The maximum Gasteiger partial charge on any atom is 0.0346 e. The van der Waals surface area contributed by atoms with Gasteiger partial charge in [0.15, 0.2) is 0 Å². The summed E-state index contributed by atoms with van der Waals surface area (Å²) >= 11 is 5.64. The van der Waals surface area contributed by atoms with E-state index in [1.165, 1.54) is 51.8 Å². The molecular formula is C15H17BrN2S. The fourth-order valence-electron chi connectivity index (χ4n) is 2.47. The summed E-state index contributed by atoms with van der Waals surface area (Å²) in [4.78, 5) is 5.50. The van der Waals surface area contributed by atoms with Crippen molar-refractivity contribution in [1.29, 1.82) is 0 Å². The molecule has 100 valence electrons. The minimum atomic E-state index is 0.804. The minimum absolute atomic E-state index is 0.804. The highest BCUT2D eigenvalue weighted by molar-refractivity contribution is 9.10. The summed E-state index contributed by atoms with van der Waals surface area (Å²) in [7, 11) is 0. The summed E-state index contributed by atoms with van der Waals surface area (Å²) in [5.41, 5.74) is 0. The second-order valence-electron chi connectivity index (χ2n) is 5.03. The van der Waals surface area contributed by atoms with E-state index in [9.17, 15) is 0 Å². The predicted octanol–water partition coefficient (Wildman–Crippen LogP) is 4.09. The first-order valence-corrected chi connectivity index (χ1v) is 8.47. The summed E-state index contributed by atoms with van der Waals surface area (Å²) in [6.45, 7) is 2.36. The number of aromatic nitrogens is 1. The quantitative estimate of drug-likeness (QED) is 0.854. The third kappa shape index (κ3) is 3.30. The third-order valence-electron chi connectivity index (χ3n) is 3.56. The summed E-state index contributed by atoms with van der Waals surface area (Å²) < 4.78 is 1.18. The molecule has 0 amide bonds. The fourth-order valence-corrected chi connectivity index (χ4v) is 4.28. The molecule has 4 heteroatoms. The zero-order chi connectivity index (χ0) is 13.1. The van der Waals surface area contributed by atoms with E-state index in [0.717, 1.165) is 5.92 Å². The third-order valence-corrected chi connectivity index (χ3v) is 5.77. The van der Waals surface area contributed by atoms with Crippen LogP contribution in [0.25, 0.3) is 10.8 Å². The molecule has 0 saturated carbocycles. The van der Waals surface area contributed by atoms with Gasteiger partial charge in [0.2, 0.25) is 0 Å². The van der Waals surface area contributed by atoms with Gasteiger partial charge in [-0.15, -0.1) is 11.8 Å². The molecule has 1 N–H and O–H groups in total. The summed E-state index contributed by atoms with van der Waals surface area (Å²) in [6, 6.07) is 6.51. The molecule has 2 heterocycles. The van der Waals surface area contributed by atoms with Gasteiger partial charge in [0.1, 0.15) is 0 Å². The Hall–Kier alpha value is -0.580. The lowest BCUT2D eigenvalue weighted by Gasteiger charge is -2.22. The smallest absolute Gasteiger partial charge is 0.0346 e. The molecule has 1 aliphatic rings. The Bertz CT molecular complexity index is 567. The maximum atomic E-state index is 4.17. The van der Waals surface area contributed by atoms with Crippen LogP contribution >= 0.6 is 27.7 Å². The van der Waals surface area contributed by atoms with Crippen LogP contribution in [0.1, 0.15) is 12.8 Å². The lowest BCUT2D eigenvalue weighted by atomic mass is 10.0. The number of hydrogen-bond donors (Lipinski definition) is 1. The maximum absolute atomic E-state index is 4.17. The highest BCUT2D eigenvalue weighted by Crippen LogP contribution is 2.33.